The van der Waals surface area contributed by atoms with E-state index in [1.54, 1.807) is 30.2 Å². The summed E-state index contributed by atoms with van der Waals surface area (Å²) in [7, 11) is 1.69. The maximum absolute atomic E-state index is 4.97. The van der Waals surface area contributed by atoms with Crippen LogP contribution in [-0.2, 0) is 17.0 Å². The summed E-state index contributed by atoms with van der Waals surface area (Å²) in [4.78, 5) is 4.43. The van der Waals surface area contributed by atoms with E-state index in [4.69, 9.17) is 4.74 Å². The molecule has 7 nitrogen and oxygen atoms in total. The molecular formula is C11H18N6OS2. The van der Waals surface area contributed by atoms with E-state index < -0.39 is 0 Å². The van der Waals surface area contributed by atoms with E-state index >= 15 is 0 Å². The summed E-state index contributed by atoms with van der Waals surface area (Å²) in [5, 5.41) is 19.0. The summed E-state index contributed by atoms with van der Waals surface area (Å²) in [6.07, 6.45) is 0. The summed E-state index contributed by atoms with van der Waals surface area (Å²) in [6.45, 7) is 5.11. The fourth-order valence-corrected chi connectivity index (χ4v) is 3.05. The third-order valence-electron chi connectivity index (χ3n) is 2.50. The van der Waals surface area contributed by atoms with Crippen molar-refractivity contribution in [2.75, 3.05) is 26.8 Å². The van der Waals surface area contributed by atoms with Crippen LogP contribution in [0.3, 0.4) is 0 Å². The Morgan fingerprint density at radius 2 is 2.35 bits per heavy atom. The number of aromatic nitrogens is 5. The number of aryl methyl sites for hydroxylation is 1. The van der Waals surface area contributed by atoms with Crippen molar-refractivity contribution >= 4 is 23.1 Å². The molecular weight excluding hydrogens is 296 g/mol. The number of hydrogen-bond acceptors (Lipinski definition) is 8. The molecule has 0 unspecified atom stereocenters. The first-order chi connectivity index (χ1) is 9.79. The minimum atomic E-state index is 0.709. The zero-order chi connectivity index (χ0) is 14.2. The Morgan fingerprint density at radius 1 is 1.45 bits per heavy atom. The lowest BCUT2D eigenvalue weighted by Gasteiger charge is -2.05. The number of methoxy groups -OCH3 is 1. The van der Waals surface area contributed by atoms with E-state index in [1.807, 2.05) is 11.6 Å². The van der Waals surface area contributed by atoms with Crippen LogP contribution in [0, 0.1) is 6.92 Å². The van der Waals surface area contributed by atoms with Gasteiger partial charge in [0.05, 0.1) is 23.9 Å². The Labute approximate surface area is 126 Å². The predicted molar refractivity (Wildman–Crippen MR) is 79.0 cm³/mol. The van der Waals surface area contributed by atoms with Gasteiger partial charge in [-0.1, -0.05) is 11.8 Å². The second-order valence-electron chi connectivity index (χ2n) is 4.07. The Balaban J connectivity index is 1.76. The normalized spacial score (nSPS) is 11.1. The van der Waals surface area contributed by atoms with Crippen molar-refractivity contribution in [2.45, 2.75) is 24.4 Å². The van der Waals surface area contributed by atoms with Crippen molar-refractivity contribution in [3.05, 3.63) is 16.1 Å². The lowest BCUT2D eigenvalue weighted by molar-refractivity contribution is 0.199. The quantitative estimate of drug-likeness (QED) is 0.546. The molecule has 0 aliphatic heterocycles. The van der Waals surface area contributed by atoms with Crippen molar-refractivity contribution in [1.82, 2.24) is 30.5 Å². The van der Waals surface area contributed by atoms with Gasteiger partial charge in [-0.05, 0) is 17.4 Å². The maximum atomic E-state index is 4.97. The second kappa shape index (κ2) is 8.30. The highest BCUT2D eigenvalue weighted by molar-refractivity contribution is 7.98. The van der Waals surface area contributed by atoms with Crippen LogP contribution < -0.4 is 5.32 Å². The number of rotatable bonds is 9. The molecule has 20 heavy (non-hydrogen) atoms. The molecule has 0 spiro atoms. The fraction of sp³-hybridized carbons (Fsp3) is 0.636. The summed E-state index contributed by atoms with van der Waals surface area (Å²) in [5.41, 5.74) is 1.07. The zero-order valence-corrected chi connectivity index (χ0v) is 13.2. The minimum Gasteiger partial charge on any atom is -0.383 e. The van der Waals surface area contributed by atoms with Crippen molar-refractivity contribution in [3.8, 4) is 0 Å². The van der Waals surface area contributed by atoms with Crippen LogP contribution in [-0.4, -0.2) is 52.0 Å². The molecule has 0 amide bonds. The molecule has 0 fully saturated rings. The van der Waals surface area contributed by atoms with Crippen LogP contribution in [0.15, 0.2) is 10.5 Å². The van der Waals surface area contributed by atoms with Crippen molar-refractivity contribution < 1.29 is 4.74 Å². The van der Waals surface area contributed by atoms with Gasteiger partial charge < -0.3 is 10.1 Å². The maximum Gasteiger partial charge on any atom is 0.209 e. The molecule has 0 saturated heterocycles. The number of ether oxygens (including phenoxy) is 1. The molecule has 2 heterocycles. The summed E-state index contributed by atoms with van der Waals surface area (Å²) in [6, 6.07) is 0. The van der Waals surface area contributed by atoms with Gasteiger partial charge in [0.1, 0.15) is 0 Å². The SMILES string of the molecule is COCCNCCn1nnnc1SCc1csc(C)n1. The Hall–Kier alpha value is -1.03. The molecule has 1 N–H and O–H groups in total. The topological polar surface area (TPSA) is 77.8 Å². The highest BCUT2D eigenvalue weighted by Gasteiger charge is 2.08. The van der Waals surface area contributed by atoms with Crippen LogP contribution in [0.2, 0.25) is 0 Å². The first kappa shape index (κ1) is 15.4. The molecule has 9 heteroatoms. The third-order valence-corrected chi connectivity index (χ3v) is 4.31. The van der Waals surface area contributed by atoms with Gasteiger partial charge in [0, 0.05) is 31.3 Å². The van der Waals surface area contributed by atoms with Crippen LogP contribution in [0.5, 0.6) is 0 Å². The van der Waals surface area contributed by atoms with Crippen LogP contribution in [0.25, 0.3) is 0 Å². The highest BCUT2D eigenvalue weighted by Crippen LogP contribution is 2.20. The Morgan fingerprint density at radius 3 is 3.10 bits per heavy atom. The van der Waals surface area contributed by atoms with E-state index in [1.165, 1.54) is 0 Å². The van der Waals surface area contributed by atoms with E-state index in [9.17, 15) is 0 Å². The molecule has 2 aromatic rings. The number of thiazole rings is 1. The van der Waals surface area contributed by atoms with Gasteiger partial charge in [0.15, 0.2) is 0 Å². The Kier molecular flexibility index (Phi) is 6.37. The first-order valence-electron chi connectivity index (χ1n) is 6.29. The molecule has 0 aliphatic rings. The summed E-state index contributed by atoms with van der Waals surface area (Å²) >= 11 is 3.27. The molecule has 110 valence electrons. The average Bonchev–Trinajstić information content (AvgIpc) is 3.05. The van der Waals surface area contributed by atoms with E-state index in [2.05, 4.69) is 31.2 Å². The third kappa shape index (κ3) is 4.82. The van der Waals surface area contributed by atoms with Crippen molar-refractivity contribution in [2.24, 2.45) is 0 Å². The average molecular weight is 314 g/mol. The number of tetrazole rings is 1. The van der Waals surface area contributed by atoms with Gasteiger partial charge in [-0.3, -0.25) is 0 Å². The molecule has 0 aliphatic carbocycles. The van der Waals surface area contributed by atoms with Gasteiger partial charge in [0.25, 0.3) is 0 Å². The predicted octanol–water partition coefficient (Wildman–Crippen LogP) is 0.966. The van der Waals surface area contributed by atoms with Gasteiger partial charge >= 0.3 is 0 Å². The summed E-state index contributed by atoms with van der Waals surface area (Å²) in [5.74, 6) is 0.793. The number of nitrogens with one attached hydrogen (secondary N) is 1. The van der Waals surface area contributed by atoms with Crippen LogP contribution >= 0.6 is 23.1 Å². The molecule has 2 rings (SSSR count). The molecule has 0 saturated carbocycles. The highest BCUT2D eigenvalue weighted by atomic mass is 32.2. The molecule has 0 bridgehead atoms. The second-order valence-corrected chi connectivity index (χ2v) is 6.08. The van der Waals surface area contributed by atoms with E-state index in [0.29, 0.717) is 6.61 Å². The number of nitrogens with zero attached hydrogens (tertiary/aromatic N) is 5. The zero-order valence-electron chi connectivity index (χ0n) is 11.6. The van der Waals surface area contributed by atoms with E-state index in [-0.39, 0.29) is 0 Å². The monoisotopic (exact) mass is 314 g/mol. The van der Waals surface area contributed by atoms with E-state index in [0.717, 1.165) is 41.2 Å². The Bertz CT molecular complexity index is 514. The van der Waals surface area contributed by atoms with Gasteiger partial charge in [-0.2, -0.15) is 0 Å². The smallest absolute Gasteiger partial charge is 0.209 e. The van der Waals surface area contributed by atoms with Gasteiger partial charge in [-0.25, -0.2) is 9.67 Å². The van der Waals surface area contributed by atoms with Gasteiger partial charge in [-0.15, -0.1) is 16.4 Å². The lowest BCUT2D eigenvalue weighted by Crippen LogP contribution is -2.24. The summed E-state index contributed by atoms with van der Waals surface area (Å²) < 4.78 is 6.78. The lowest BCUT2D eigenvalue weighted by atomic mass is 10.6. The fourth-order valence-electron chi connectivity index (χ4n) is 1.54. The standard InChI is InChI=1S/C11H18N6OS2/c1-9-13-10(7-19-9)8-20-11-14-15-16-17(11)5-3-12-4-6-18-2/h7,12H,3-6,8H2,1-2H3. The van der Waals surface area contributed by atoms with Crippen LogP contribution in [0.1, 0.15) is 10.7 Å². The molecule has 0 radical (unpaired) electrons. The largest absolute Gasteiger partial charge is 0.383 e. The van der Waals surface area contributed by atoms with Crippen LogP contribution in [0.4, 0.5) is 0 Å². The number of thioether (sulfide) groups is 1. The van der Waals surface area contributed by atoms with Gasteiger partial charge in [0.2, 0.25) is 5.16 Å². The molecule has 0 atom stereocenters. The first-order valence-corrected chi connectivity index (χ1v) is 8.15. The van der Waals surface area contributed by atoms with Crippen molar-refractivity contribution in [1.29, 1.82) is 0 Å². The molecule has 2 aromatic heterocycles. The molecule has 0 aromatic carbocycles. The minimum absolute atomic E-state index is 0.709. The van der Waals surface area contributed by atoms with Crippen molar-refractivity contribution in [3.63, 3.8) is 0 Å². The number of hydrogen-bond donors (Lipinski definition) is 1.